The smallest absolute Gasteiger partial charge is 0.256 e. The van der Waals surface area contributed by atoms with Crippen LogP contribution in [-0.2, 0) is 9.53 Å². The van der Waals surface area contributed by atoms with E-state index in [-0.39, 0.29) is 11.8 Å². The Labute approximate surface area is 173 Å². The molecule has 3 aromatic rings. The minimum atomic E-state index is -0.419. The van der Waals surface area contributed by atoms with Gasteiger partial charge < -0.3 is 15.4 Å². The van der Waals surface area contributed by atoms with Gasteiger partial charge in [-0.15, -0.1) is 11.3 Å². The minimum absolute atomic E-state index is 0.186. The number of amides is 2. The lowest BCUT2D eigenvalue weighted by Crippen LogP contribution is -2.27. The molecular weight excluding hydrogens is 444 g/mol. The molecule has 144 valence electrons. The van der Waals surface area contributed by atoms with Crippen LogP contribution >= 0.6 is 27.3 Å². The number of aromatic nitrogens is 2. The first kappa shape index (κ1) is 18.9. The van der Waals surface area contributed by atoms with Gasteiger partial charge >= 0.3 is 0 Å². The molecule has 2 aromatic heterocycles. The topological polar surface area (TPSA) is 96.1 Å². The van der Waals surface area contributed by atoms with Crippen LogP contribution in [0.25, 0.3) is 10.6 Å². The summed E-state index contributed by atoms with van der Waals surface area (Å²) >= 11 is 5.00. The lowest BCUT2D eigenvalue weighted by Gasteiger charge is -2.11. The maximum atomic E-state index is 12.6. The Morgan fingerprint density at radius 3 is 2.86 bits per heavy atom. The van der Waals surface area contributed by atoms with Crippen LogP contribution in [0.2, 0.25) is 0 Å². The number of aromatic amines is 1. The van der Waals surface area contributed by atoms with Crippen molar-refractivity contribution in [2.45, 2.75) is 18.9 Å². The number of nitrogens with zero attached hydrogens (tertiary/aromatic N) is 1. The molecule has 28 heavy (non-hydrogen) atoms. The first-order valence-corrected chi connectivity index (χ1v) is 10.3. The van der Waals surface area contributed by atoms with Crippen LogP contribution in [0.5, 0.6) is 0 Å². The van der Waals surface area contributed by atoms with Gasteiger partial charge in [-0.2, -0.15) is 5.10 Å². The molecule has 1 unspecified atom stereocenters. The van der Waals surface area contributed by atoms with Crippen molar-refractivity contribution in [3.8, 4) is 10.6 Å². The molecule has 1 atom stereocenters. The molecule has 0 saturated carbocycles. The van der Waals surface area contributed by atoms with Crippen LogP contribution in [0.4, 0.5) is 11.5 Å². The number of H-pyrrole nitrogens is 1. The molecule has 2 amide bonds. The number of carbonyl (C=O) groups excluding carboxylic acids is 2. The summed E-state index contributed by atoms with van der Waals surface area (Å²) in [5.41, 5.74) is 1.80. The minimum Gasteiger partial charge on any atom is -0.368 e. The number of hydrogen-bond donors (Lipinski definition) is 3. The second-order valence-electron chi connectivity index (χ2n) is 6.30. The summed E-state index contributed by atoms with van der Waals surface area (Å²) in [5, 5.41) is 12.6. The summed E-state index contributed by atoms with van der Waals surface area (Å²) in [7, 11) is 0. The van der Waals surface area contributed by atoms with Crippen molar-refractivity contribution >= 4 is 50.6 Å². The normalized spacial score (nSPS) is 16.1. The summed E-state index contributed by atoms with van der Waals surface area (Å²) in [6.07, 6.45) is 1.18. The zero-order chi connectivity index (χ0) is 19.5. The van der Waals surface area contributed by atoms with Crippen LogP contribution in [0, 0.1) is 0 Å². The fourth-order valence-corrected chi connectivity index (χ4v) is 4.26. The molecule has 1 aliphatic rings. The number of benzene rings is 1. The lowest BCUT2D eigenvalue weighted by atomic mass is 10.1. The summed E-state index contributed by atoms with van der Waals surface area (Å²) < 4.78 is 6.40. The summed E-state index contributed by atoms with van der Waals surface area (Å²) in [6.45, 7) is 0.606. The van der Waals surface area contributed by atoms with Crippen molar-refractivity contribution in [3.05, 3.63) is 51.8 Å². The van der Waals surface area contributed by atoms with Crippen molar-refractivity contribution in [1.82, 2.24) is 10.2 Å². The molecule has 0 spiro atoms. The fourth-order valence-electron chi connectivity index (χ4n) is 2.90. The largest absolute Gasteiger partial charge is 0.368 e. The van der Waals surface area contributed by atoms with Gasteiger partial charge in [0.25, 0.3) is 11.8 Å². The van der Waals surface area contributed by atoms with Crippen LogP contribution in [-0.4, -0.2) is 34.7 Å². The van der Waals surface area contributed by atoms with Crippen molar-refractivity contribution in [2.75, 3.05) is 17.2 Å². The number of anilines is 2. The third-order valence-corrected chi connectivity index (χ3v) is 5.93. The molecule has 3 N–H and O–H groups in total. The third-order valence-electron chi connectivity index (χ3n) is 4.27. The van der Waals surface area contributed by atoms with E-state index < -0.39 is 6.10 Å². The standard InChI is InChI=1S/C19H17BrN4O3S/c20-16-7-6-15(28-16)13-10-17(24-23-13)22-18(25)11-3-1-4-12(9-11)21-19(26)14-5-2-8-27-14/h1,3-4,6-7,9-10,14H,2,5,8H2,(H,21,26)(H2,22,23,24,25). The average Bonchev–Trinajstić information content (AvgIpc) is 3.43. The number of hydrogen-bond acceptors (Lipinski definition) is 5. The van der Waals surface area contributed by atoms with Gasteiger partial charge in [-0.3, -0.25) is 14.7 Å². The molecule has 4 rings (SSSR count). The molecule has 0 bridgehead atoms. The molecule has 1 aromatic carbocycles. The van der Waals surface area contributed by atoms with Gasteiger partial charge in [0.05, 0.1) is 14.4 Å². The van der Waals surface area contributed by atoms with Crippen molar-refractivity contribution in [2.24, 2.45) is 0 Å². The zero-order valence-electron chi connectivity index (χ0n) is 14.7. The summed E-state index contributed by atoms with van der Waals surface area (Å²) in [6, 6.07) is 12.5. The van der Waals surface area contributed by atoms with E-state index in [9.17, 15) is 9.59 Å². The van der Waals surface area contributed by atoms with Gasteiger partial charge in [0.2, 0.25) is 0 Å². The van der Waals surface area contributed by atoms with Crippen molar-refractivity contribution < 1.29 is 14.3 Å². The Morgan fingerprint density at radius 1 is 1.21 bits per heavy atom. The number of carbonyl (C=O) groups is 2. The second-order valence-corrected chi connectivity index (χ2v) is 8.76. The van der Waals surface area contributed by atoms with E-state index in [0.717, 1.165) is 20.8 Å². The number of thiophene rings is 1. The predicted molar refractivity (Wildman–Crippen MR) is 112 cm³/mol. The highest BCUT2D eigenvalue weighted by Gasteiger charge is 2.23. The summed E-state index contributed by atoms with van der Waals surface area (Å²) in [4.78, 5) is 25.7. The first-order valence-electron chi connectivity index (χ1n) is 8.73. The molecule has 0 aliphatic carbocycles. The number of ether oxygens (including phenoxy) is 1. The Hall–Kier alpha value is -2.49. The Bertz CT molecular complexity index is 1010. The molecular formula is C19H17BrN4O3S. The predicted octanol–water partition coefficient (Wildman–Crippen LogP) is 4.27. The van der Waals surface area contributed by atoms with Gasteiger partial charge in [-0.1, -0.05) is 6.07 Å². The maximum Gasteiger partial charge on any atom is 0.256 e. The van der Waals surface area contributed by atoms with E-state index in [0.29, 0.717) is 30.1 Å². The average molecular weight is 461 g/mol. The van der Waals surface area contributed by atoms with Crippen LogP contribution < -0.4 is 10.6 Å². The molecule has 1 aliphatic heterocycles. The van der Waals surface area contributed by atoms with Gasteiger partial charge in [-0.25, -0.2) is 0 Å². The number of nitrogens with one attached hydrogen (secondary N) is 3. The van der Waals surface area contributed by atoms with Gasteiger partial charge in [0, 0.05) is 23.9 Å². The fraction of sp³-hybridized carbons (Fsp3) is 0.211. The van der Waals surface area contributed by atoms with Crippen LogP contribution in [0.15, 0.2) is 46.3 Å². The van der Waals surface area contributed by atoms with E-state index >= 15 is 0 Å². The summed E-state index contributed by atoms with van der Waals surface area (Å²) in [5.74, 6) is -0.0638. The van der Waals surface area contributed by atoms with Crippen LogP contribution in [0.1, 0.15) is 23.2 Å². The lowest BCUT2D eigenvalue weighted by molar-refractivity contribution is -0.124. The van der Waals surface area contributed by atoms with Gasteiger partial charge in [0.1, 0.15) is 6.10 Å². The third kappa shape index (κ3) is 4.32. The monoisotopic (exact) mass is 460 g/mol. The molecule has 1 fully saturated rings. The molecule has 0 radical (unpaired) electrons. The Kier molecular flexibility index (Phi) is 5.56. The maximum absolute atomic E-state index is 12.6. The highest BCUT2D eigenvalue weighted by Crippen LogP contribution is 2.31. The quantitative estimate of drug-likeness (QED) is 0.529. The molecule has 7 nitrogen and oxygen atoms in total. The highest BCUT2D eigenvalue weighted by molar-refractivity contribution is 9.11. The molecule has 1 saturated heterocycles. The van der Waals surface area contributed by atoms with E-state index in [1.165, 1.54) is 0 Å². The van der Waals surface area contributed by atoms with Gasteiger partial charge in [-0.05, 0) is 59.1 Å². The van der Waals surface area contributed by atoms with Crippen LogP contribution in [0.3, 0.4) is 0 Å². The first-order chi connectivity index (χ1) is 13.6. The highest BCUT2D eigenvalue weighted by atomic mass is 79.9. The molecule has 3 heterocycles. The number of halogens is 1. The van der Waals surface area contributed by atoms with E-state index in [1.54, 1.807) is 41.7 Å². The second kappa shape index (κ2) is 8.26. The SMILES string of the molecule is O=C(Nc1cc(-c2ccc(Br)s2)[nH]n1)c1cccc(NC(=O)C2CCCO2)c1. The Balaban J connectivity index is 1.42. The van der Waals surface area contributed by atoms with E-state index in [2.05, 4.69) is 36.8 Å². The van der Waals surface area contributed by atoms with E-state index in [1.807, 2.05) is 12.1 Å². The van der Waals surface area contributed by atoms with Crippen molar-refractivity contribution in [3.63, 3.8) is 0 Å². The molecule has 9 heteroatoms. The number of rotatable bonds is 5. The zero-order valence-corrected chi connectivity index (χ0v) is 17.1. The van der Waals surface area contributed by atoms with Gasteiger partial charge in [0.15, 0.2) is 5.82 Å². The van der Waals surface area contributed by atoms with E-state index in [4.69, 9.17) is 4.74 Å². The Morgan fingerprint density at radius 2 is 2.11 bits per heavy atom. The van der Waals surface area contributed by atoms with Crippen molar-refractivity contribution in [1.29, 1.82) is 0 Å².